The highest BCUT2D eigenvalue weighted by Gasteiger charge is 2.14. The number of phenolic OH excluding ortho intramolecular Hbond substituents is 1. The second kappa shape index (κ2) is 4.20. The Balaban J connectivity index is 1.91. The molecule has 7 nitrogen and oxygen atoms in total. The first kappa shape index (κ1) is 11.7. The Kier molecular flexibility index (Phi) is 2.34. The minimum Gasteiger partial charge on any atom is -0.507 e. The van der Waals surface area contributed by atoms with E-state index in [9.17, 15) is 5.11 Å². The predicted octanol–water partition coefficient (Wildman–Crippen LogP) is 2.25. The largest absolute Gasteiger partial charge is 0.507 e. The normalized spacial score (nSPS) is 11.3. The lowest BCUT2D eigenvalue weighted by atomic mass is 10.2. The lowest BCUT2D eigenvalue weighted by Gasteiger charge is -1.99. The summed E-state index contributed by atoms with van der Waals surface area (Å²) in [6.45, 7) is 0. The molecule has 104 valence electrons. The Morgan fingerprint density at radius 3 is 2.95 bits per heavy atom. The van der Waals surface area contributed by atoms with Crippen molar-refractivity contribution in [3.8, 4) is 23.0 Å². The molecule has 0 spiro atoms. The van der Waals surface area contributed by atoms with Gasteiger partial charge < -0.3 is 14.3 Å². The molecule has 4 rings (SSSR count). The molecule has 0 saturated heterocycles. The fraction of sp³-hybridized carbons (Fsp3) is 0.0714. The number of furan rings is 1. The summed E-state index contributed by atoms with van der Waals surface area (Å²) in [4.78, 5) is 8.44. The molecule has 0 aliphatic carbocycles. The second-order valence-electron chi connectivity index (χ2n) is 4.48. The van der Waals surface area contributed by atoms with Gasteiger partial charge in [-0.2, -0.15) is 5.10 Å². The minimum atomic E-state index is 0.0966. The number of benzene rings is 1. The van der Waals surface area contributed by atoms with Gasteiger partial charge >= 0.3 is 0 Å². The maximum atomic E-state index is 9.99. The Hall–Kier alpha value is -3.09. The van der Waals surface area contributed by atoms with Crippen molar-refractivity contribution < 1.29 is 14.3 Å². The molecule has 21 heavy (non-hydrogen) atoms. The zero-order valence-corrected chi connectivity index (χ0v) is 11.0. The molecule has 1 aromatic carbocycles. The maximum Gasteiger partial charge on any atom is 0.251 e. The van der Waals surface area contributed by atoms with Gasteiger partial charge in [-0.25, -0.2) is 14.5 Å². The molecule has 0 atom stereocenters. The van der Waals surface area contributed by atoms with Crippen molar-refractivity contribution in [2.75, 3.05) is 7.11 Å². The van der Waals surface area contributed by atoms with Crippen molar-refractivity contribution in [2.45, 2.75) is 0 Å². The Labute approximate surface area is 118 Å². The summed E-state index contributed by atoms with van der Waals surface area (Å²) in [6, 6.07) is 4.98. The zero-order chi connectivity index (χ0) is 14.4. The van der Waals surface area contributed by atoms with Crippen LogP contribution in [-0.2, 0) is 0 Å². The molecule has 7 heteroatoms. The van der Waals surface area contributed by atoms with Crippen LogP contribution in [0.1, 0.15) is 0 Å². The van der Waals surface area contributed by atoms with Crippen LogP contribution < -0.4 is 4.74 Å². The molecule has 3 heterocycles. The summed E-state index contributed by atoms with van der Waals surface area (Å²) < 4.78 is 12.4. The summed E-state index contributed by atoms with van der Waals surface area (Å²) in [5.74, 6) is 1.63. The molecule has 0 amide bonds. The molecule has 0 fully saturated rings. The molecular formula is C14H10N4O3. The van der Waals surface area contributed by atoms with E-state index in [0.717, 1.165) is 0 Å². The lowest BCUT2D eigenvalue weighted by Crippen LogP contribution is -1.89. The number of phenols is 1. The Morgan fingerprint density at radius 2 is 2.14 bits per heavy atom. The van der Waals surface area contributed by atoms with Crippen molar-refractivity contribution in [1.29, 1.82) is 0 Å². The van der Waals surface area contributed by atoms with Gasteiger partial charge in [0.25, 0.3) is 5.78 Å². The van der Waals surface area contributed by atoms with E-state index in [1.165, 1.54) is 13.2 Å². The third kappa shape index (κ3) is 1.78. The van der Waals surface area contributed by atoms with Gasteiger partial charge in [-0.15, -0.1) is 0 Å². The average Bonchev–Trinajstić information content (AvgIpc) is 3.10. The molecule has 4 aromatic rings. The lowest BCUT2D eigenvalue weighted by molar-refractivity contribution is 0.408. The Morgan fingerprint density at radius 1 is 1.24 bits per heavy atom. The highest BCUT2D eigenvalue weighted by atomic mass is 16.5. The standard InChI is InChI=1S/C14H10N4O3/c1-20-8-4-11(19)9-6-13(21-12(9)5-8)10-7-18-14(17-10)15-2-3-16-18/h2-7,19H,1H3. The van der Waals surface area contributed by atoms with E-state index in [1.807, 2.05) is 0 Å². The SMILES string of the molecule is COc1cc(O)c2cc(-c3cn4nccnc4n3)oc2c1. The molecule has 0 saturated carbocycles. The summed E-state index contributed by atoms with van der Waals surface area (Å²) in [5.41, 5.74) is 1.12. The van der Waals surface area contributed by atoms with Crippen LogP contribution in [0.2, 0.25) is 0 Å². The van der Waals surface area contributed by atoms with E-state index < -0.39 is 0 Å². The molecule has 0 radical (unpaired) electrons. The average molecular weight is 282 g/mol. The van der Waals surface area contributed by atoms with Crippen LogP contribution >= 0.6 is 0 Å². The molecular weight excluding hydrogens is 272 g/mol. The number of aromatic hydroxyl groups is 1. The molecule has 0 unspecified atom stereocenters. The number of fused-ring (bicyclic) bond motifs is 2. The highest BCUT2D eigenvalue weighted by molar-refractivity contribution is 5.89. The van der Waals surface area contributed by atoms with Crippen molar-refractivity contribution in [3.63, 3.8) is 0 Å². The van der Waals surface area contributed by atoms with Crippen molar-refractivity contribution in [1.82, 2.24) is 19.6 Å². The predicted molar refractivity (Wildman–Crippen MR) is 74.2 cm³/mol. The van der Waals surface area contributed by atoms with Crippen LogP contribution in [-0.4, -0.2) is 31.8 Å². The molecule has 0 aliphatic heterocycles. The smallest absolute Gasteiger partial charge is 0.251 e. The number of hydrogen-bond acceptors (Lipinski definition) is 6. The van der Waals surface area contributed by atoms with Gasteiger partial charge in [0, 0.05) is 12.1 Å². The van der Waals surface area contributed by atoms with Gasteiger partial charge in [-0.1, -0.05) is 0 Å². The Bertz CT molecular complexity index is 924. The molecule has 0 bridgehead atoms. The number of rotatable bonds is 2. The van der Waals surface area contributed by atoms with Gasteiger partial charge in [0.05, 0.1) is 31.1 Å². The first-order valence-electron chi connectivity index (χ1n) is 6.22. The monoisotopic (exact) mass is 282 g/mol. The highest BCUT2D eigenvalue weighted by Crippen LogP contribution is 2.35. The topological polar surface area (TPSA) is 85.7 Å². The summed E-state index contributed by atoms with van der Waals surface area (Å²) in [6.07, 6.45) is 4.86. The minimum absolute atomic E-state index is 0.0966. The molecule has 1 N–H and O–H groups in total. The maximum absolute atomic E-state index is 9.99. The quantitative estimate of drug-likeness (QED) is 0.607. The first-order chi connectivity index (χ1) is 10.2. The van der Waals surface area contributed by atoms with E-state index in [4.69, 9.17) is 9.15 Å². The number of ether oxygens (including phenoxy) is 1. The summed E-state index contributed by atoms with van der Waals surface area (Å²) >= 11 is 0. The fourth-order valence-electron chi connectivity index (χ4n) is 2.19. The number of imidazole rings is 1. The summed E-state index contributed by atoms with van der Waals surface area (Å²) in [5, 5.41) is 14.7. The van der Waals surface area contributed by atoms with Crippen molar-refractivity contribution in [2.24, 2.45) is 0 Å². The van der Waals surface area contributed by atoms with E-state index in [0.29, 0.717) is 34.0 Å². The number of hydrogen-bond donors (Lipinski definition) is 1. The second-order valence-corrected chi connectivity index (χ2v) is 4.48. The van der Waals surface area contributed by atoms with Crippen molar-refractivity contribution in [3.05, 3.63) is 36.8 Å². The fourth-order valence-corrected chi connectivity index (χ4v) is 2.19. The molecule has 0 aliphatic rings. The van der Waals surface area contributed by atoms with E-state index >= 15 is 0 Å². The third-order valence-electron chi connectivity index (χ3n) is 3.19. The van der Waals surface area contributed by atoms with Gasteiger partial charge in [-0.3, -0.25) is 0 Å². The number of nitrogens with zero attached hydrogens (tertiary/aromatic N) is 4. The zero-order valence-electron chi connectivity index (χ0n) is 11.0. The van der Waals surface area contributed by atoms with Crippen LogP contribution in [0.5, 0.6) is 11.5 Å². The van der Waals surface area contributed by atoms with Crippen LogP contribution in [0.25, 0.3) is 28.2 Å². The number of aromatic nitrogens is 4. The van der Waals surface area contributed by atoms with Gasteiger partial charge in [-0.05, 0) is 6.07 Å². The first-order valence-corrected chi connectivity index (χ1v) is 6.22. The van der Waals surface area contributed by atoms with Crippen molar-refractivity contribution >= 4 is 16.7 Å². The van der Waals surface area contributed by atoms with E-state index in [-0.39, 0.29) is 5.75 Å². The van der Waals surface area contributed by atoms with Crippen LogP contribution in [0, 0.1) is 0 Å². The molecule has 3 aromatic heterocycles. The van der Waals surface area contributed by atoms with Crippen LogP contribution in [0.15, 0.2) is 41.2 Å². The van der Waals surface area contributed by atoms with Gasteiger partial charge in [0.1, 0.15) is 22.8 Å². The van der Waals surface area contributed by atoms with E-state index in [2.05, 4.69) is 15.1 Å². The number of methoxy groups -OCH3 is 1. The van der Waals surface area contributed by atoms with E-state index in [1.54, 1.807) is 35.2 Å². The summed E-state index contributed by atoms with van der Waals surface area (Å²) in [7, 11) is 1.53. The third-order valence-corrected chi connectivity index (χ3v) is 3.19. The van der Waals surface area contributed by atoms with Gasteiger partial charge in [0.2, 0.25) is 0 Å². The van der Waals surface area contributed by atoms with Gasteiger partial charge in [0.15, 0.2) is 5.76 Å². The van der Waals surface area contributed by atoms with Crippen LogP contribution in [0.4, 0.5) is 0 Å². The van der Waals surface area contributed by atoms with Crippen LogP contribution in [0.3, 0.4) is 0 Å².